The Morgan fingerprint density at radius 3 is 2.40 bits per heavy atom. The zero-order chi connectivity index (χ0) is 8.20. The highest BCUT2D eigenvalue weighted by atomic mass is 16.3. The van der Waals surface area contributed by atoms with Crippen LogP contribution in [0.2, 0.25) is 0 Å². The Morgan fingerprint density at radius 2 is 2.10 bits per heavy atom. The molecule has 0 aromatic carbocycles. The first kappa shape index (κ1) is 9.40. The Balaban J connectivity index is 4.16. The maximum absolute atomic E-state index is 9.30. The Morgan fingerprint density at radius 1 is 1.60 bits per heavy atom. The van der Waals surface area contributed by atoms with Crippen LogP contribution >= 0.6 is 0 Å². The molecule has 0 aromatic rings. The van der Waals surface area contributed by atoms with Crippen molar-refractivity contribution < 1.29 is 10.2 Å². The van der Waals surface area contributed by atoms with Crippen molar-refractivity contribution in [3.8, 4) is 0 Å². The first-order chi connectivity index (χ1) is 4.54. The van der Waals surface area contributed by atoms with Gasteiger partial charge in [0.25, 0.3) is 0 Å². The molecule has 2 N–H and O–H groups in total. The third-order valence-corrected chi connectivity index (χ3v) is 1.39. The minimum Gasteiger partial charge on any atom is -0.386 e. The van der Waals surface area contributed by atoms with Crippen molar-refractivity contribution >= 4 is 0 Å². The van der Waals surface area contributed by atoms with Gasteiger partial charge in [0.1, 0.15) is 11.7 Å². The van der Waals surface area contributed by atoms with Crippen molar-refractivity contribution in [3.63, 3.8) is 0 Å². The monoisotopic (exact) mass is 142 g/mol. The van der Waals surface area contributed by atoms with Crippen LogP contribution in [0, 0.1) is 0 Å². The number of hydrogen-bond acceptors (Lipinski definition) is 2. The summed E-state index contributed by atoms with van der Waals surface area (Å²) in [6.07, 6.45) is 3.65. The molecule has 0 aromatic heterocycles. The highest BCUT2D eigenvalue weighted by Gasteiger charge is 2.23. The summed E-state index contributed by atoms with van der Waals surface area (Å²) >= 11 is 0. The van der Waals surface area contributed by atoms with E-state index in [9.17, 15) is 5.11 Å². The molecule has 0 amide bonds. The zero-order valence-corrected chi connectivity index (χ0v) is 6.41. The number of allylic oxidation sites excluding steroid dienone is 1. The molecule has 0 heterocycles. The smallest absolute Gasteiger partial charge is 0.109 e. The van der Waals surface area contributed by atoms with Crippen molar-refractivity contribution in [3.05, 3.63) is 24.8 Å². The summed E-state index contributed by atoms with van der Waals surface area (Å²) in [7, 11) is 0. The molecule has 0 aliphatic rings. The predicted octanol–water partition coefficient (Wildman–Crippen LogP) is 0.860. The van der Waals surface area contributed by atoms with Crippen LogP contribution in [0.25, 0.3) is 0 Å². The highest BCUT2D eigenvalue weighted by Crippen LogP contribution is 2.11. The van der Waals surface area contributed by atoms with E-state index in [0.717, 1.165) is 0 Å². The molecular formula is C8H14O2. The second-order valence-corrected chi connectivity index (χ2v) is 2.40. The summed E-state index contributed by atoms with van der Waals surface area (Å²) in [5, 5.41) is 18.5. The molecule has 58 valence electrons. The molecule has 2 nitrogen and oxygen atoms in total. The standard InChI is InChI=1S/C8H14O2/c1-4-6-7(9)8(3,10)5-2/h4-7,9-10H,2H2,1,3H3. The van der Waals surface area contributed by atoms with E-state index in [4.69, 9.17) is 5.11 Å². The summed E-state index contributed by atoms with van der Waals surface area (Å²) in [5.41, 5.74) is -1.22. The van der Waals surface area contributed by atoms with Gasteiger partial charge >= 0.3 is 0 Å². The van der Waals surface area contributed by atoms with Gasteiger partial charge in [0.05, 0.1) is 0 Å². The Labute approximate surface area is 61.5 Å². The van der Waals surface area contributed by atoms with Crippen molar-refractivity contribution in [2.24, 2.45) is 0 Å². The summed E-state index contributed by atoms with van der Waals surface area (Å²) in [5.74, 6) is 0. The fraction of sp³-hybridized carbons (Fsp3) is 0.500. The van der Waals surface area contributed by atoms with Crippen LogP contribution in [-0.4, -0.2) is 21.9 Å². The summed E-state index contributed by atoms with van der Waals surface area (Å²) in [4.78, 5) is 0. The Bertz CT molecular complexity index is 136. The Hall–Kier alpha value is -0.600. The van der Waals surface area contributed by atoms with Gasteiger partial charge in [0.15, 0.2) is 0 Å². The van der Waals surface area contributed by atoms with Gasteiger partial charge < -0.3 is 10.2 Å². The quantitative estimate of drug-likeness (QED) is 0.574. The van der Waals surface area contributed by atoms with Gasteiger partial charge in [0, 0.05) is 0 Å². The van der Waals surface area contributed by atoms with E-state index >= 15 is 0 Å². The van der Waals surface area contributed by atoms with Crippen molar-refractivity contribution in [1.82, 2.24) is 0 Å². The lowest BCUT2D eigenvalue weighted by molar-refractivity contribution is 0.000846. The Kier molecular flexibility index (Phi) is 3.33. The van der Waals surface area contributed by atoms with Crippen LogP contribution in [0.1, 0.15) is 13.8 Å². The predicted molar refractivity (Wildman–Crippen MR) is 41.6 cm³/mol. The lowest BCUT2D eigenvalue weighted by atomic mass is 9.99. The molecule has 0 spiro atoms. The average molecular weight is 142 g/mol. The van der Waals surface area contributed by atoms with Crippen LogP contribution in [0.4, 0.5) is 0 Å². The number of aliphatic hydroxyl groups excluding tert-OH is 1. The van der Waals surface area contributed by atoms with Crippen molar-refractivity contribution in [2.45, 2.75) is 25.6 Å². The SMILES string of the molecule is C=CC(C)(O)C(O)C=CC. The first-order valence-electron chi connectivity index (χ1n) is 3.21. The van der Waals surface area contributed by atoms with Gasteiger partial charge in [-0.3, -0.25) is 0 Å². The number of rotatable bonds is 3. The molecule has 0 saturated heterocycles. The van der Waals surface area contributed by atoms with Gasteiger partial charge in [0.2, 0.25) is 0 Å². The van der Waals surface area contributed by atoms with Gasteiger partial charge in [-0.2, -0.15) is 0 Å². The first-order valence-corrected chi connectivity index (χ1v) is 3.21. The van der Waals surface area contributed by atoms with Gasteiger partial charge in [-0.15, -0.1) is 6.58 Å². The van der Waals surface area contributed by atoms with Crippen LogP contribution < -0.4 is 0 Å². The molecule has 0 saturated carbocycles. The topological polar surface area (TPSA) is 40.5 Å². The van der Waals surface area contributed by atoms with E-state index in [2.05, 4.69) is 6.58 Å². The van der Waals surface area contributed by atoms with E-state index in [0.29, 0.717) is 0 Å². The van der Waals surface area contributed by atoms with Crippen molar-refractivity contribution in [2.75, 3.05) is 0 Å². The van der Waals surface area contributed by atoms with Gasteiger partial charge in [-0.1, -0.05) is 18.2 Å². The van der Waals surface area contributed by atoms with Crippen LogP contribution in [-0.2, 0) is 0 Å². The molecule has 0 rings (SSSR count). The summed E-state index contributed by atoms with van der Waals surface area (Å²) in [6.45, 7) is 6.68. The maximum Gasteiger partial charge on any atom is 0.109 e. The average Bonchev–Trinajstić information content (AvgIpc) is 1.89. The van der Waals surface area contributed by atoms with Crippen LogP contribution in [0.5, 0.6) is 0 Å². The van der Waals surface area contributed by atoms with Crippen molar-refractivity contribution in [1.29, 1.82) is 0 Å². The zero-order valence-electron chi connectivity index (χ0n) is 6.41. The lowest BCUT2D eigenvalue weighted by Gasteiger charge is -2.22. The third-order valence-electron chi connectivity index (χ3n) is 1.39. The van der Waals surface area contributed by atoms with E-state index in [1.165, 1.54) is 19.1 Å². The minimum absolute atomic E-state index is 0.866. The molecule has 0 radical (unpaired) electrons. The molecule has 2 heteroatoms. The van der Waals surface area contributed by atoms with E-state index in [-0.39, 0.29) is 0 Å². The fourth-order valence-electron chi connectivity index (χ4n) is 0.498. The molecule has 0 bridgehead atoms. The normalized spacial score (nSPS) is 20.4. The molecule has 2 unspecified atom stereocenters. The third kappa shape index (κ3) is 2.33. The molecule has 0 fully saturated rings. The second-order valence-electron chi connectivity index (χ2n) is 2.40. The molecule has 10 heavy (non-hydrogen) atoms. The van der Waals surface area contributed by atoms with Gasteiger partial charge in [-0.05, 0) is 13.8 Å². The molecular weight excluding hydrogens is 128 g/mol. The number of hydrogen-bond donors (Lipinski definition) is 2. The molecule has 0 aliphatic heterocycles. The van der Waals surface area contributed by atoms with Gasteiger partial charge in [-0.25, -0.2) is 0 Å². The lowest BCUT2D eigenvalue weighted by Crippen LogP contribution is -2.35. The van der Waals surface area contributed by atoms with E-state index < -0.39 is 11.7 Å². The molecule has 2 atom stereocenters. The van der Waals surface area contributed by atoms with Crippen LogP contribution in [0.15, 0.2) is 24.8 Å². The van der Waals surface area contributed by atoms with E-state index in [1.807, 2.05) is 0 Å². The second kappa shape index (κ2) is 3.54. The highest BCUT2D eigenvalue weighted by molar-refractivity contribution is 5.05. The maximum atomic E-state index is 9.30. The minimum atomic E-state index is -1.22. The summed E-state index contributed by atoms with van der Waals surface area (Å²) in [6, 6.07) is 0. The summed E-state index contributed by atoms with van der Waals surface area (Å²) < 4.78 is 0. The largest absolute Gasteiger partial charge is 0.386 e. The fourth-order valence-corrected chi connectivity index (χ4v) is 0.498. The van der Waals surface area contributed by atoms with E-state index in [1.54, 1.807) is 13.0 Å². The molecule has 0 aliphatic carbocycles. The van der Waals surface area contributed by atoms with Crippen LogP contribution in [0.3, 0.4) is 0 Å². The number of aliphatic hydroxyl groups is 2.